The van der Waals surface area contributed by atoms with Crippen LogP contribution in [0.3, 0.4) is 0 Å². The number of rotatable bonds is 6. The van der Waals surface area contributed by atoms with Gasteiger partial charge in [0.1, 0.15) is 0 Å². The monoisotopic (exact) mass is 258 g/mol. The Morgan fingerprint density at radius 2 is 1.83 bits per heavy atom. The van der Waals surface area contributed by atoms with Gasteiger partial charge in [0.15, 0.2) is 0 Å². The molecule has 8 heteroatoms. The molecule has 2 atom stereocenters. The summed E-state index contributed by atoms with van der Waals surface area (Å²) in [7, 11) is 1.56. The second-order valence-corrected chi connectivity index (χ2v) is 4.18. The van der Waals surface area contributed by atoms with E-state index in [9.17, 15) is 14.4 Å². The number of carbonyl (C=O) groups excluding carboxylic acids is 3. The normalized spacial score (nSPS) is 22.7. The van der Waals surface area contributed by atoms with Gasteiger partial charge in [0, 0.05) is 13.7 Å². The van der Waals surface area contributed by atoms with E-state index in [1.54, 1.807) is 7.11 Å². The minimum Gasteiger partial charge on any atom is -0.380 e. The standard InChI is InChI=1S/C10H18N4O4/c1-18-6-2-7(13-3-6)10(17)14(4-8(11)15)5-9(12)16/h6-7,13H,2-5H2,1H3,(H2,11,15)(H2,12,16). The van der Waals surface area contributed by atoms with Crippen molar-refractivity contribution in [1.29, 1.82) is 0 Å². The molecule has 1 saturated heterocycles. The van der Waals surface area contributed by atoms with Gasteiger partial charge in [0.2, 0.25) is 17.7 Å². The summed E-state index contributed by atoms with van der Waals surface area (Å²) in [5.41, 5.74) is 10.1. The Bertz CT molecular complexity index is 331. The van der Waals surface area contributed by atoms with Crippen LogP contribution in [0.15, 0.2) is 0 Å². The minimum atomic E-state index is -0.689. The highest BCUT2D eigenvalue weighted by Gasteiger charge is 2.33. The molecule has 0 aliphatic carbocycles. The van der Waals surface area contributed by atoms with Crippen LogP contribution < -0.4 is 16.8 Å². The predicted octanol–water partition coefficient (Wildman–Crippen LogP) is -2.84. The number of carbonyl (C=O) groups is 3. The molecule has 0 radical (unpaired) electrons. The van der Waals surface area contributed by atoms with Gasteiger partial charge in [0.05, 0.1) is 25.2 Å². The molecule has 5 N–H and O–H groups in total. The van der Waals surface area contributed by atoms with E-state index in [2.05, 4.69) is 5.32 Å². The SMILES string of the molecule is COC1CNC(C(=O)N(CC(N)=O)CC(N)=O)C1. The lowest BCUT2D eigenvalue weighted by Crippen LogP contribution is -2.49. The van der Waals surface area contributed by atoms with Gasteiger partial charge in [0.25, 0.3) is 0 Å². The predicted molar refractivity (Wildman–Crippen MR) is 62.2 cm³/mol. The van der Waals surface area contributed by atoms with Gasteiger partial charge in [-0.2, -0.15) is 0 Å². The first-order valence-electron chi connectivity index (χ1n) is 5.55. The van der Waals surface area contributed by atoms with Crippen molar-refractivity contribution in [2.24, 2.45) is 11.5 Å². The van der Waals surface area contributed by atoms with E-state index >= 15 is 0 Å². The van der Waals surface area contributed by atoms with Gasteiger partial charge in [-0.3, -0.25) is 14.4 Å². The van der Waals surface area contributed by atoms with E-state index in [-0.39, 0.29) is 25.1 Å². The fourth-order valence-electron chi connectivity index (χ4n) is 1.88. The van der Waals surface area contributed by atoms with Gasteiger partial charge in [-0.25, -0.2) is 0 Å². The number of primary amides is 2. The van der Waals surface area contributed by atoms with E-state index < -0.39 is 17.9 Å². The summed E-state index contributed by atoms with van der Waals surface area (Å²) >= 11 is 0. The molecule has 3 amide bonds. The van der Waals surface area contributed by atoms with Crippen molar-refractivity contribution >= 4 is 17.7 Å². The van der Waals surface area contributed by atoms with Crippen LogP contribution >= 0.6 is 0 Å². The zero-order valence-electron chi connectivity index (χ0n) is 10.2. The van der Waals surface area contributed by atoms with Crippen LogP contribution in [0.4, 0.5) is 0 Å². The van der Waals surface area contributed by atoms with Crippen LogP contribution in [0, 0.1) is 0 Å². The molecule has 18 heavy (non-hydrogen) atoms. The summed E-state index contributed by atoms with van der Waals surface area (Å²) in [6.45, 7) is -0.0942. The van der Waals surface area contributed by atoms with Crippen molar-refractivity contribution in [3.63, 3.8) is 0 Å². The van der Waals surface area contributed by atoms with Crippen LogP contribution in [0.2, 0.25) is 0 Å². The van der Waals surface area contributed by atoms with Crippen molar-refractivity contribution in [2.75, 3.05) is 26.7 Å². The quantitative estimate of drug-likeness (QED) is 0.473. The van der Waals surface area contributed by atoms with E-state index in [0.29, 0.717) is 13.0 Å². The highest BCUT2D eigenvalue weighted by Crippen LogP contribution is 2.12. The van der Waals surface area contributed by atoms with Crippen LogP contribution in [0.1, 0.15) is 6.42 Å². The van der Waals surface area contributed by atoms with Gasteiger partial charge >= 0.3 is 0 Å². The Labute approximate surface area is 105 Å². The van der Waals surface area contributed by atoms with Crippen molar-refractivity contribution in [3.05, 3.63) is 0 Å². The fraction of sp³-hybridized carbons (Fsp3) is 0.700. The third-order valence-corrected chi connectivity index (χ3v) is 2.73. The average molecular weight is 258 g/mol. The summed E-state index contributed by atoms with van der Waals surface area (Å²) in [4.78, 5) is 34.9. The molecule has 1 aliphatic rings. The van der Waals surface area contributed by atoms with Crippen LogP contribution in [0.5, 0.6) is 0 Å². The maximum Gasteiger partial charge on any atom is 0.240 e. The van der Waals surface area contributed by atoms with Gasteiger partial charge < -0.3 is 26.4 Å². The Morgan fingerprint density at radius 3 is 2.22 bits per heavy atom. The van der Waals surface area contributed by atoms with E-state index in [4.69, 9.17) is 16.2 Å². The molecule has 1 fully saturated rings. The summed E-state index contributed by atoms with van der Waals surface area (Å²) < 4.78 is 5.12. The Morgan fingerprint density at radius 1 is 1.28 bits per heavy atom. The highest BCUT2D eigenvalue weighted by molar-refractivity contribution is 5.90. The smallest absolute Gasteiger partial charge is 0.240 e. The molecule has 0 aromatic carbocycles. The third-order valence-electron chi connectivity index (χ3n) is 2.73. The van der Waals surface area contributed by atoms with Crippen molar-refractivity contribution < 1.29 is 19.1 Å². The van der Waals surface area contributed by atoms with Crippen molar-refractivity contribution in [3.8, 4) is 0 Å². The van der Waals surface area contributed by atoms with E-state index in [1.807, 2.05) is 0 Å². The maximum absolute atomic E-state index is 12.1. The number of nitrogens with two attached hydrogens (primary N) is 2. The Kier molecular flexibility index (Phi) is 5.05. The molecule has 0 aromatic heterocycles. The molecule has 2 unspecified atom stereocenters. The number of hydrogen-bond acceptors (Lipinski definition) is 5. The Balaban J connectivity index is 2.64. The molecule has 0 aromatic rings. The van der Waals surface area contributed by atoms with Crippen molar-refractivity contribution in [1.82, 2.24) is 10.2 Å². The molecule has 0 bridgehead atoms. The van der Waals surface area contributed by atoms with E-state index in [1.165, 1.54) is 0 Å². The lowest BCUT2D eigenvalue weighted by molar-refractivity contribution is -0.139. The topological polar surface area (TPSA) is 128 Å². The molecule has 0 saturated carbocycles. The number of amides is 3. The first-order valence-corrected chi connectivity index (χ1v) is 5.55. The van der Waals surface area contributed by atoms with E-state index in [0.717, 1.165) is 4.90 Å². The van der Waals surface area contributed by atoms with Gasteiger partial charge in [-0.05, 0) is 6.42 Å². The zero-order valence-corrected chi connectivity index (χ0v) is 10.2. The van der Waals surface area contributed by atoms with Crippen LogP contribution in [0.25, 0.3) is 0 Å². The van der Waals surface area contributed by atoms with Crippen molar-refractivity contribution in [2.45, 2.75) is 18.6 Å². The number of nitrogens with zero attached hydrogens (tertiary/aromatic N) is 1. The molecule has 1 heterocycles. The summed E-state index contributed by atoms with van der Waals surface area (Å²) in [5.74, 6) is -1.75. The molecule has 0 spiro atoms. The lowest BCUT2D eigenvalue weighted by atomic mass is 10.1. The largest absolute Gasteiger partial charge is 0.380 e. The fourth-order valence-corrected chi connectivity index (χ4v) is 1.88. The molecule has 102 valence electrons. The highest BCUT2D eigenvalue weighted by atomic mass is 16.5. The Hall–Kier alpha value is -1.67. The number of methoxy groups -OCH3 is 1. The molecule has 1 rings (SSSR count). The molecular formula is C10H18N4O4. The molecule has 1 aliphatic heterocycles. The summed E-state index contributed by atoms with van der Waals surface area (Å²) in [5, 5.41) is 2.96. The second kappa shape index (κ2) is 6.31. The first kappa shape index (κ1) is 14.4. The van der Waals surface area contributed by atoms with Crippen LogP contribution in [-0.4, -0.2) is 61.5 Å². The summed E-state index contributed by atoms with van der Waals surface area (Å²) in [6, 6.07) is -0.478. The number of ether oxygens (including phenoxy) is 1. The zero-order chi connectivity index (χ0) is 13.7. The number of nitrogens with one attached hydrogen (secondary N) is 1. The maximum atomic E-state index is 12.1. The minimum absolute atomic E-state index is 0.0528. The lowest BCUT2D eigenvalue weighted by Gasteiger charge is -2.23. The van der Waals surface area contributed by atoms with Gasteiger partial charge in [-0.15, -0.1) is 0 Å². The third kappa shape index (κ3) is 3.97. The van der Waals surface area contributed by atoms with Gasteiger partial charge in [-0.1, -0.05) is 0 Å². The molecule has 8 nitrogen and oxygen atoms in total. The second-order valence-electron chi connectivity index (χ2n) is 4.18. The summed E-state index contributed by atoms with van der Waals surface area (Å²) in [6.07, 6.45) is 0.437. The average Bonchev–Trinajstić information content (AvgIpc) is 2.74. The first-order chi connectivity index (χ1) is 8.43. The van der Waals surface area contributed by atoms with Crippen LogP contribution in [-0.2, 0) is 19.1 Å². The molecular weight excluding hydrogens is 240 g/mol. The number of hydrogen-bond donors (Lipinski definition) is 3.